The molecule has 5 nitrogen and oxygen atoms in total. The predicted octanol–water partition coefficient (Wildman–Crippen LogP) is 4.32. The van der Waals surface area contributed by atoms with E-state index < -0.39 is 16.8 Å². The molecular formula is C22H23NO4S. The van der Waals surface area contributed by atoms with E-state index in [-0.39, 0.29) is 6.04 Å². The molecule has 1 atom stereocenters. The molecule has 146 valence electrons. The van der Waals surface area contributed by atoms with Gasteiger partial charge in [0.05, 0.1) is 20.3 Å². The van der Waals surface area contributed by atoms with Gasteiger partial charge in [-0.05, 0) is 31.5 Å². The second-order valence-corrected chi connectivity index (χ2v) is 7.85. The van der Waals surface area contributed by atoms with E-state index in [1.54, 1.807) is 0 Å². The summed E-state index contributed by atoms with van der Waals surface area (Å²) in [6, 6.07) is 18.9. The molecule has 0 radical (unpaired) electrons. The molecule has 1 saturated heterocycles. The number of hydrogen-bond donors (Lipinski definition) is 0. The van der Waals surface area contributed by atoms with Gasteiger partial charge < -0.3 is 14.4 Å². The van der Waals surface area contributed by atoms with E-state index in [0.717, 1.165) is 21.7 Å². The van der Waals surface area contributed by atoms with E-state index in [1.807, 2.05) is 79.4 Å². The minimum absolute atomic E-state index is 0.322. The molecule has 0 N–H and O–H groups in total. The van der Waals surface area contributed by atoms with Crippen molar-refractivity contribution in [2.75, 3.05) is 19.1 Å². The van der Waals surface area contributed by atoms with Crippen LogP contribution in [-0.2, 0) is 19.1 Å². The van der Waals surface area contributed by atoms with E-state index in [4.69, 9.17) is 9.47 Å². The van der Waals surface area contributed by atoms with Gasteiger partial charge in [-0.1, -0.05) is 65.9 Å². The van der Waals surface area contributed by atoms with Crippen LogP contribution in [0.1, 0.15) is 25.5 Å². The van der Waals surface area contributed by atoms with Crippen LogP contribution in [0.15, 0.2) is 71.1 Å². The molecule has 1 unspecified atom stereocenters. The fourth-order valence-corrected chi connectivity index (χ4v) is 4.95. The van der Waals surface area contributed by atoms with Crippen LogP contribution in [0.5, 0.6) is 0 Å². The van der Waals surface area contributed by atoms with Crippen molar-refractivity contribution in [2.45, 2.75) is 24.8 Å². The van der Waals surface area contributed by atoms with Gasteiger partial charge in [0.1, 0.15) is 0 Å². The number of benzene rings is 2. The lowest BCUT2D eigenvalue weighted by Crippen LogP contribution is -2.56. The SMILES string of the molecule is COC(=O)C1(C(=O)OC)SC(=C(C)C)C(c2ccccc2)N1c1ccccc1. The van der Waals surface area contributed by atoms with Gasteiger partial charge in [0.2, 0.25) is 0 Å². The molecule has 0 spiro atoms. The second kappa shape index (κ2) is 8.10. The fraction of sp³-hybridized carbons (Fsp3) is 0.273. The standard InChI is InChI=1S/C22H23NO4S/c1-15(2)19-18(16-11-7-5-8-12-16)23(17-13-9-6-10-14-17)22(28-19,20(24)26-3)21(25)27-4/h5-14,18H,1-4H3. The molecule has 0 saturated carbocycles. The van der Waals surface area contributed by atoms with Gasteiger partial charge in [0.15, 0.2) is 0 Å². The first-order chi connectivity index (χ1) is 13.5. The van der Waals surface area contributed by atoms with Gasteiger partial charge in [-0.2, -0.15) is 0 Å². The molecule has 2 aromatic rings. The number of nitrogens with zero attached hydrogens (tertiary/aromatic N) is 1. The van der Waals surface area contributed by atoms with Crippen LogP contribution in [0.2, 0.25) is 0 Å². The van der Waals surface area contributed by atoms with Crippen LogP contribution in [0.3, 0.4) is 0 Å². The minimum Gasteiger partial charge on any atom is -0.466 e. The number of rotatable bonds is 4. The van der Waals surface area contributed by atoms with Crippen LogP contribution in [0, 0.1) is 0 Å². The van der Waals surface area contributed by atoms with Crippen molar-refractivity contribution in [3.63, 3.8) is 0 Å². The molecular weight excluding hydrogens is 374 g/mol. The molecule has 1 heterocycles. The van der Waals surface area contributed by atoms with E-state index in [1.165, 1.54) is 26.0 Å². The molecule has 2 aromatic carbocycles. The van der Waals surface area contributed by atoms with Crippen molar-refractivity contribution < 1.29 is 19.1 Å². The third-order valence-corrected chi connectivity index (χ3v) is 6.35. The Morgan fingerprint density at radius 3 is 1.86 bits per heavy atom. The average molecular weight is 397 g/mol. The van der Waals surface area contributed by atoms with Gasteiger partial charge in [0, 0.05) is 10.6 Å². The van der Waals surface area contributed by atoms with Crippen molar-refractivity contribution in [3.05, 3.63) is 76.7 Å². The number of allylic oxidation sites excluding steroid dienone is 1. The molecule has 6 heteroatoms. The predicted molar refractivity (Wildman–Crippen MR) is 111 cm³/mol. The van der Waals surface area contributed by atoms with Crippen LogP contribution in [0.25, 0.3) is 0 Å². The van der Waals surface area contributed by atoms with Crippen molar-refractivity contribution in [1.82, 2.24) is 0 Å². The summed E-state index contributed by atoms with van der Waals surface area (Å²) in [4.78, 5) is 27.2. The number of thioether (sulfide) groups is 1. The molecule has 3 rings (SSSR count). The zero-order valence-electron chi connectivity index (χ0n) is 16.3. The number of anilines is 1. The Morgan fingerprint density at radius 2 is 1.39 bits per heavy atom. The summed E-state index contributed by atoms with van der Waals surface area (Å²) in [5.74, 6) is -1.32. The topological polar surface area (TPSA) is 55.8 Å². The van der Waals surface area contributed by atoms with Crippen LogP contribution in [-0.4, -0.2) is 31.0 Å². The molecule has 0 aliphatic carbocycles. The van der Waals surface area contributed by atoms with Crippen LogP contribution in [0.4, 0.5) is 5.69 Å². The van der Waals surface area contributed by atoms with Crippen molar-refractivity contribution in [1.29, 1.82) is 0 Å². The van der Waals surface area contributed by atoms with Crippen molar-refractivity contribution in [2.24, 2.45) is 0 Å². The Morgan fingerprint density at radius 1 is 0.893 bits per heavy atom. The first-order valence-corrected chi connectivity index (χ1v) is 9.71. The van der Waals surface area contributed by atoms with Gasteiger partial charge in [0.25, 0.3) is 4.87 Å². The Labute approximate surface area is 169 Å². The van der Waals surface area contributed by atoms with Crippen molar-refractivity contribution in [3.8, 4) is 0 Å². The number of ether oxygens (including phenoxy) is 2. The molecule has 0 bridgehead atoms. The average Bonchev–Trinajstić information content (AvgIpc) is 3.11. The number of para-hydroxylation sites is 1. The first-order valence-electron chi connectivity index (χ1n) is 8.90. The van der Waals surface area contributed by atoms with E-state index in [0.29, 0.717) is 0 Å². The van der Waals surface area contributed by atoms with E-state index in [9.17, 15) is 9.59 Å². The van der Waals surface area contributed by atoms with Crippen LogP contribution >= 0.6 is 11.8 Å². The Bertz CT molecular complexity index is 875. The molecule has 1 aliphatic heterocycles. The number of esters is 2. The third kappa shape index (κ3) is 3.18. The van der Waals surface area contributed by atoms with Gasteiger partial charge in [-0.25, -0.2) is 9.59 Å². The Hall–Kier alpha value is -2.73. The van der Waals surface area contributed by atoms with E-state index in [2.05, 4.69) is 0 Å². The molecule has 0 aromatic heterocycles. The zero-order valence-corrected chi connectivity index (χ0v) is 17.2. The summed E-state index contributed by atoms with van der Waals surface area (Å²) in [5, 5.41) is 0. The second-order valence-electron chi connectivity index (χ2n) is 6.61. The maximum absolute atomic E-state index is 13.1. The summed E-state index contributed by atoms with van der Waals surface area (Å²) in [6.07, 6.45) is 0. The largest absolute Gasteiger partial charge is 0.466 e. The number of hydrogen-bond acceptors (Lipinski definition) is 6. The maximum atomic E-state index is 13.1. The lowest BCUT2D eigenvalue weighted by Gasteiger charge is -2.37. The highest BCUT2D eigenvalue weighted by molar-refractivity contribution is 8.06. The van der Waals surface area contributed by atoms with E-state index >= 15 is 0 Å². The molecule has 1 aliphatic rings. The summed E-state index contributed by atoms with van der Waals surface area (Å²) in [5.41, 5.74) is 2.73. The van der Waals surface area contributed by atoms with Gasteiger partial charge >= 0.3 is 11.9 Å². The fourth-order valence-electron chi connectivity index (χ4n) is 3.43. The summed E-state index contributed by atoms with van der Waals surface area (Å²) >= 11 is 1.19. The van der Waals surface area contributed by atoms with Gasteiger partial charge in [-0.15, -0.1) is 0 Å². The van der Waals surface area contributed by atoms with Gasteiger partial charge in [-0.3, -0.25) is 0 Å². The van der Waals surface area contributed by atoms with Crippen LogP contribution < -0.4 is 4.90 Å². The maximum Gasteiger partial charge on any atom is 0.354 e. The number of carbonyl (C=O) groups is 2. The highest BCUT2D eigenvalue weighted by Crippen LogP contribution is 2.57. The summed E-state index contributed by atoms with van der Waals surface area (Å²) < 4.78 is 10.2. The smallest absolute Gasteiger partial charge is 0.354 e. The molecule has 28 heavy (non-hydrogen) atoms. The lowest BCUT2D eigenvalue weighted by atomic mass is 9.99. The highest BCUT2D eigenvalue weighted by atomic mass is 32.2. The number of methoxy groups -OCH3 is 2. The molecule has 1 fully saturated rings. The third-order valence-electron chi connectivity index (χ3n) is 4.67. The minimum atomic E-state index is -1.67. The van der Waals surface area contributed by atoms with Crippen molar-refractivity contribution >= 4 is 29.4 Å². The zero-order chi connectivity index (χ0) is 20.3. The normalized spacial score (nSPS) is 17.9. The first kappa shape index (κ1) is 20.0. The Kier molecular flexibility index (Phi) is 5.79. The lowest BCUT2D eigenvalue weighted by molar-refractivity contribution is -0.155. The molecule has 0 amide bonds. The monoisotopic (exact) mass is 397 g/mol. The number of carbonyl (C=O) groups excluding carboxylic acids is 2. The Balaban J connectivity index is 2.35. The highest BCUT2D eigenvalue weighted by Gasteiger charge is 2.63. The summed E-state index contributed by atoms with van der Waals surface area (Å²) in [7, 11) is 2.57. The summed E-state index contributed by atoms with van der Waals surface area (Å²) in [6.45, 7) is 3.96. The quantitative estimate of drug-likeness (QED) is 0.566.